The molecule has 0 bridgehead atoms. The summed E-state index contributed by atoms with van der Waals surface area (Å²) in [5.74, 6) is -0.285. The second-order valence-electron chi connectivity index (χ2n) is 7.53. The molecule has 2 amide bonds. The zero-order chi connectivity index (χ0) is 20.8. The summed E-state index contributed by atoms with van der Waals surface area (Å²) < 4.78 is 5.21. The SMILES string of the molecule is CC1CCCC(NC(=O)COC(=O)c2ccccc2NC(=O)c2ccsc2)C1C. The van der Waals surface area contributed by atoms with Gasteiger partial charge in [0.05, 0.1) is 16.8 Å². The third-order valence-corrected chi connectivity index (χ3v) is 6.25. The highest BCUT2D eigenvalue weighted by atomic mass is 32.1. The van der Waals surface area contributed by atoms with Gasteiger partial charge in [0.2, 0.25) is 0 Å². The minimum Gasteiger partial charge on any atom is -0.452 e. The van der Waals surface area contributed by atoms with E-state index < -0.39 is 5.97 Å². The molecule has 1 aliphatic rings. The minimum absolute atomic E-state index is 0.113. The van der Waals surface area contributed by atoms with E-state index in [0.717, 1.165) is 12.8 Å². The first kappa shape index (κ1) is 21.0. The van der Waals surface area contributed by atoms with Crippen molar-refractivity contribution in [3.05, 3.63) is 52.2 Å². The topological polar surface area (TPSA) is 84.5 Å². The van der Waals surface area contributed by atoms with E-state index in [-0.39, 0.29) is 30.0 Å². The molecule has 1 aromatic heterocycles. The summed E-state index contributed by atoms with van der Waals surface area (Å²) in [6.45, 7) is 4.00. The van der Waals surface area contributed by atoms with E-state index >= 15 is 0 Å². The van der Waals surface area contributed by atoms with Crippen molar-refractivity contribution in [2.24, 2.45) is 11.8 Å². The highest BCUT2D eigenvalue weighted by molar-refractivity contribution is 7.08. The zero-order valence-electron chi connectivity index (χ0n) is 16.6. The van der Waals surface area contributed by atoms with Crippen LogP contribution in [0.15, 0.2) is 41.1 Å². The Kier molecular flexibility index (Phi) is 7.04. The van der Waals surface area contributed by atoms with Crippen LogP contribution >= 0.6 is 11.3 Å². The number of hydrogen-bond acceptors (Lipinski definition) is 5. The summed E-state index contributed by atoms with van der Waals surface area (Å²) in [5, 5.41) is 9.25. The van der Waals surface area contributed by atoms with Crippen LogP contribution in [-0.4, -0.2) is 30.4 Å². The van der Waals surface area contributed by atoms with Gasteiger partial charge in [-0.3, -0.25) is 9.59 Å². The first-order valence-electron chi connectivity index (χ1n) is 9.84. The van der Waals surface area contributed by atoms with Crippen molar-refractivity contribution in [3.8, 4) is 0 Å². The van der Waals surface area contributed by atoms with E-state index in [1.165, 1.54) is 17.8 Å². The van der Waals surface area contributed by atoms with Gasteiger partial charge < -0.3 is 15.4 Å². The van der Waals surface area contributed by atoms with Crippen LogP contribution < -0.4 is 10.6 Å². The third-order valence-electron chi connectivity index (χ3n) is 5.57. The van der Waals surface area contributed by atoms with Crippen LogP contribution in [0.5, 0.6) is 0 Å². The van der Waals surface area contributed by atoms with Gasteiger partial charge in [-0.25, -0.2) is 4.79 Å². The van der Waals surface area contributed by atoms with Gasteiger partial charge in [-0.1, -0.05) is 38.8 Å². The standard InChI is InChI=1S/C22H26N2O4S/c1-14-6-5-9-18(15(14)2)23-20(25)12-28-22(27)17-7-3-4-8-19(17)24-21(26)16-10-11-29-13-16/h3-4,7-8,10-11,13-15,18H,5-6,9,12H2,1-2H3,(H,23,25)(H,24,26). The Morgan fingerprint density at radius 3 is 2.69 bits per heavy atom. The molecule has 3 atom stereocenters. The van der Waals surface area contributed by atoms with E-state index in [0.29, 0.717) is 23.1 Å². The minimum atomic E-state index is -0.647. The van der Waals surface area contributed by atoms with Gasteiger partial charge in [0.1, 0.15) is 0 Å². The first-order chi connectivity index (χ1) is 14.0. The Labute approximate surface area is 174 Å². The predicted octanol–water partition coefficient (Wildman–Crippen LogP) is 4.10. The van der Waals surface area contributed by atoms with E-state index in [4.69, 9.17) is 4.74 Å². The second-order valence-corrected chi connectivity index (χ2v) is 8.31. The molecule has 1 fully saturated rings. The number of para-hydroxylation sites is 1. The quantitative estimate of drug-likeness (QED) is 0.697. The number of esters is 1. The monoisotopic (exact) mass is 414 g/mol. The summed E-state index contributed by atoms with van der Waals surface area (Å²) in [6, 6.07) is 8.42. The maximum atomic E-state index is 12.5. The molecular formula is C22H26N2O4S. The largest absolute Gasteiger partial charge is 0.452 e. The van der Waals surface area contributed by atoms with Crippen LogP contribution in [0.3, 0.4) is 0 Å². The van der Waals surface area contributed by atoms with Gasteiger partial charge in [0.25, 0.3) is 11.8 Å². The van der Waals surface area contributed by atoms with E-state index in [9.17, 15) is 14.4 Å². The predicted molar refractivity (Wildman–Crippen MR) is 113 cm³/mol. The van der Waals surface area contributed by atoms with Crippen LogP contribution in [0.4, 0.5) is 5.69 Å². The molecule has 1 heterocycles. The van der Waals surface area contributed by atoms with Crippen LogP contribution in [-0.2, 0) is 9.53 Å². The van der Waals surface area contributed by atoms with Gasteiger partial charge >= 0.3 is 5.97 Å². The average Bonchev–Trinajstić information content (AvgIpc) is 3.25. The molecule has 1 aliphatic carbocycles. The Bertz CT molecular complexity index is 865. The molecule has 6 nitrogen and oxygen atoms in total. The summed E-state index contributed by atoms with van der Waals surface area (Å²) in [4.78, 5) is 37.0. The zero-order valence-corrected chi connectivity index (χ0v) is 17.5. The number of ether oxygens (including phenoxy) is 1. The lowest BCUT2D eigenvalue weighted by atomic mass is 9.78. The summed E-state index contributed by atoms with van der Waals surface area (Å²) in [6.07, 6.45) is 3.21. The maximum absolute atomic E-state index is 12.5. The molecule has 154 valence electrons. The fraction of sp³-hybridized carbons (Fsp3) is 0.409. The van der Waals surface area contributed by atoms with Gasteiger partial charge in [-0.2, -0.15) is 11.3 Å². The number of anilines is 1. The maximum Gasteiger partial charge on any atom is 0.340 e. The fourth-order valence-corrected chi connectivity index (χ4v) is 4.24. The van der Waals surface area contributed by atoms with Crippen LogP contribution in [0.25, 0.3) is 0 Å². The molecule has 2 aromatic rings. The number of carbonyl (C=O) groups is 3. The van der Waals surface area contributed by atoms with Crippen molar-refractivity contribution in [2.75, 3.05) is 11.9 Å². The first-order valence-corrected chi connectivity index (χ1v) is 10.8. The molecule has 0 aliphatic heterocycles. The molecule has 3 unspecified atom stereocenters. The average molecular weight is 415 g/mol. The number of hydrogen-bond donors (Lipinski definition) is 2. The van der Waals surface area contributed by atoms with Crippen molar-refractivity contribution < 1.29 is 19.1 Å². The Morgan fingerprint density at radius 2 is 1.93 bits per heavy atom. The lowest BCUT2D eigenvalue weighted by Crippen LogP contribution is -2.45. The van der Waals surface area contributed by atoms with Crippen molar-refractivity contribution in [2.45, 2.75) is 39.2 Å². The van der Waals surface area contributed by atoms with E-state index in [2.05, 4.69) is 24.5 Å². The number of thiophene rings is 1. The van der Waals surface area contributed by atoms with Gasteiger partial charge in [0.15, 0.2) is 6.61 Å². The number of amides is 2. The molecule has 7 heteroatoms. The van der Waals surface area contributed by atoms with E-state index in [1.807, 2.05) is 5.38 Å². The van der Waals surface area contributed by atoms with Gasteiger partial charge in [-0.15, -0.1) is 0 Å². The lowest BCUT2D eigenvalue weighted by Gasteiger charge is -2.34. The molecule has 3 rings (SSSR count). The molecule has 1 aromatic carbocycles. The van der Waals surface area contributed by atoms with Crippen LogP contribution in [0.1, 0.15) is 53.8 Å². The summed E-state index contributed by atoms with van der Waals surface area (Å²) >= 11 is 1.42. The van der Waals surface area contributed by atoms with Crippen molar-refractivity contribution in [3.63, 3.8) is 0 Å². The highest BCUT2D eigenvalue weighted by Gasteiger charge is 2.28. The van der Waals surface area contributed by atoms with Gasteiger partial charge in [0, 0.05) is 11.4 Å². The molecule has 29 heavy (non-hydrogen) atoms. The normalized spacial score (nSPS) is 21.2. The Balaban J connectivity index is 1.57. The van der Waals surface area contributed by atoms with Crippen LogP contribution in [0, 0.1) is 11.8 Å². The third kappa shape index (κ3) is 5.44. The number of nitrogens with one attached hydrogen (secondary N) is 2. The molecule has 0 spiro atoms. The smallest absolute Gasteiger partial charge is 0.340 e. The van der Waals surface area contributed by atoms with Gasteiger partial charge in [-0.05, 0) is 41.8 Å². The number of rotatable bonds is 6. The fourth-order valence-electron chi connectivity index (χ4n) is 3.60. The Morgan fingerprint density at radius 1 is 1.14 bits per heavy atom. The number of carbonyl (C=O) groups excluding carboxylic acids is 3. The van der Waals surface area contributed by atoms with E-state index in [1.54, 1.807) is 35.7 Å². The highest BCUT2D eigenvalue weighted by Crippen LogP contribution is 2.29. The molecular weight excluding hydrogens is 388 g/mol. The van der Waals surface area contributed by atoms with Crippen LogP contribution in [0.2, 0.25) is 0 Å². The second kappa shape index (κ2) is 9.69. The number of benzene rings is 1. The molecule has 1 saturated carbocycles. The summed E-state index contributed by atoms with van der Waals surface area (Å²) in [7, 11) is 0. The van der Waals surface area contributed by atoms with Crippen molar-refractivity contribution >= 4 is 34.8 Å². The van der Waals surface area contributed by atoms with Crippen molar-refractivity contribution in [1.29, 1.82) is 0 Å². The summed E-state index contributed by atoms with van der Waals surface area (Å²) in [5.41, 5.74) is 1.08. The molecule has 0 saturated heterocycles. The molecule has 2 N–H and O–H groups in total. The Hall–Kier alpha value is -2.67. The lowest BCUT2D eigenvalue weighted by molar-refractivity contribution is -0.125. The van der Waals surface area contributed by atoms with Crippen molar-refractivity contribution in [1.82, 2.24) is 5.32 Å². The molecule has 0 radical (unpaired) electrons.